The number of H-pyrrole nitrogens is 1. The molecule has 1 rings (SSSR count). The highest BCUT2D eigenvalue weighted by Gasteiger charge is 1.95. The highest BCUT2D eigenvalue weighted by molar-refractivity contribution is 7.80. The number of aromatic nitrogens is 1. The second kappa shape index (κ2) is 2.58. The lowest BCUT2D eigenvalue weighted by molar-refractivity contribution is 1.13. The van der Waals surface area contributed by atoms with Gasteiger partial charge in [-0.25, -0.2) is 0 Å². The number of nitrogens with zero attached hydrogens (tertiary/aromatic N) is 1. The van der Waals surface area contributed by atoms with Gasteiger partial charge in [0.25, 0.3) is 0 Å². The van der Waals surface area contributed by atoms with Crippen LogP contribution in [0.3, 0.4) is 0 Å². The van der Waals surface area contributed by atoms with E-state index in [9.17, 15) is 4.79 Å². The average Bonchev–Trinajstić information content (AvgIpc) is 1.94. The van der Waals surface area contributed by atoms with E-state index in [2.05, 4.69) is 17.6 Å². The third kappa shape index (κ3) is 1.20. The molecular weight excluding hydrogens is 148 g/mol. The van der Waals surface area contributed by atoms with Crippen LogP contribution in [0.4, 0.5) is 0 Å². The Bertz CT molecular complexity index is 336. The molecule has 0 bridgehead atoms. The van der Waals surface area contributed by atoms with Crippen molar-refractivity contribution in [3.63, 3.8) is 0 Å². The summed E-state index contributed by atoms with van der Waals surface area (Å²) in [4.78, 5) is 13.4. The first-order chi connectivity index (χ1) is 4.74. The van der Waals surface area contributed by atoms with E-state index in [1.807, 2.05) is 0 Å². The van der Waals surface area contributed by atoms with Crippen LogP contribution in [0, 0.1) is 11.3 Å². The van der Waals surface area contributed by atoms with E-state index in [0.717, 1.165) is 0 Å². The molecule has 3 nitrogen and oxygen atoms in total. The molecule has 0 fully saturated rings. The van der Waals surface area contributed by atoms with Crippen molar-refractivity contribution in [2.24, 2.45) is 0 Å². The number of nitriles is 1. The minimum atomic E-state index is -0.283. The van der Waals surface area contributed by atoms with Gasteiger partial charge in [-0.15, -0.1) is 12.6 Å². The summed E-state index contributed by atoms with van der Waals surface area (Å²) in [6.07, 6.45) is 0. The quantitative estimate of drug-likeness (QED) is 0.533. The van der Waals surface area contributed by atoms with Crippen molar-refractivity contribution >= 4 is 12.6 Å². The van der Waals surface area contributed by atoms with Crippen molar-refractivity contribution in [3.05, 3.63) is 28.2 Å². The predicted octanol–water partition coefficient (Wildman–Crippen LogP) is 0.535. The molecule has 50 valence electrons. The maximum atomic E-state index is 10.6. The van der Waals surface area contributed by atoms with E-state index < -0.39 is 0 Å². The van der Waals surface area contributed by atoms with Crippen molar-refractivity contribution in [1.29, 1.82) is 5.26 Å². The van der Waals surface area contributed by atoms with E-state index in [0.29, 0.717) is 4.90 Å². The zero-order valence-corrected chi connectivity index (χ0v) is 5.85. The fourth-order valence-electron chi connectivity index (χ4n) is 0.552. The Morgan fingerprint density at radius 1 is 1.60 bits per heavy atom. The van der Waals surface area contributed by atoms with Crippen LogP contribution in [0.1, 0.15) is 5.69 Å². The van der Waals surface area contributed by atoms with Gasteiger partial charge in [0.2, 0.25) is 5.56 Å². The third-order valence-corrected chi connectivity index (χ3v) is 1.38. The summed E-state index contributed by atoms with van der Waals surface area (Å²) in [5.74, 6) is 0. The molecule has 0 aliphatic carbocycles. The van der Waals surface area contributed by atoms with Crippen LogP contribution in [-0.2, 0) is 0 Å². The molecule has 0 unspecified atom stereocenters. The highest BCUT2D eigenvalue weighted by Crippen LogP contribution is 2.05. The SMILES string of the molecule is N#Cc1[nH]c(=O)ccc1S. The lowest BCUT2D eigenvalue weighted by Crippen LogP contribution is -2.04. The van der Waals surface area contributed by atoms with Crippen molar-refractivity contribution < 1.29 is 0 Å². The molecule has 0 atom stereocenters. The Morgan fingerprint density at radius 2 is 2.30 bits per heavy atom. The first-order valence-electron chi connectivity index (χ1n) is 2.56. The van der Waals surface area contributed by atoms with Crippen molar-refractivity contribution in [2.45, 2.75) is 4.90 Å². The number of thiol groups is 1. The summed E-state index contributed by atoms with van der Waals surface area (Å²) in [5, 5.41) is 8.37. The molecule has 4 heteroatoms. The first-order valence-corrected chi connectivity index (χ1v) is 3.01. The van der Waals surface area contributed by atoms with Gasteiger partial charge in [0.15, 0.2) is 0 Å². The van der Waals surface area contributed by atoms with Crippen LogP contribution in [0.2, 0.25) is 0 Å². The Morgan fingerprint density at radius 3 is 2.80 bits per heavy atom. The number of hydrogen-bond donors (Lipinski definition) is 2. The monoisotopic (exact) mass is 152 g/mol. The number of nitrogens with one attached hydrogen (secondary N) is 1. The molecule has 0 radical (unpaired) electrons. The van der Waals surface area contributed by atoms with Crippen LogP contribution in [0.5, 0.6) is 0 Å². The minimum absolute atomic E-state index is 0.204. The summed E-state index contributed by atoms with van der Waals surface area (Å²) in [7, 11) is 0. The van der Waals surface area contributed by atoms with Gasteiger partial charge in [-0.2, -0.15) is 5.26 Å². The molecule has 0 aliphatic heterocycles. The van der Waals surface area contributed by atoms with Crippen molar-refractivity contribution in [1.82, 2.24) is 4.98 Å². The Balaban J connectivity index is 3.40. The summed E-state index contributed by atoms with van der Waals surface area (Å²) >= 11 is 3.93. The van der Waals surface area contributed by atoms with E-state index in [-0.39, 0.29) is 11.3 Å². The molecular formula is C6H4N2OS. The van der Waals surface area contributed by atoms with Crippen molar-refractivity contribution in [2.75, 3.05) is 0 Å². The molecule has 1 aromatic rings. The number of hydrogen-bond acceptors (Lipinski definition) is 3. The molecule has 0 aromatic carbocycles. The highest BCUT2D eigenvalue weighted by atomic mass is 32.1. The molecule has 10 heavy (non-hydrogen) atoms. The smallest absolute Gasteiger partial charge is 0.248 e. The van der Waals surface area contributed by atoms with Gasteiger partial charge < -0.3 is 4.98 Å². The fourth-order valence-corrected chi connectivity index (χ4v) is 0.733. The van der Waals surface area contributed by atoms with E-state index in [1.54, 1.807) is 6.07 Å². The molecule has 0 saturated carbocycles. The normalized spacial score (nSPS) is 8.80. The first kappa shape index (κ1) is 6.90. The van der Waals surface area contributed by atoms with E-state index in [4.69, 9.17) is 5.26 Å². The van der Waals surface area contributed by atoms with Crippen molar-refractivity contribution in [3.8, 4) is 6.07 Å². The molecule has 1 N–H and O–H groups in total. The van der Waals surface area contributed by atoms with Gasteiger partial charge in [-0.1, -0.05) is 0 Å². The zero-order valence-electron chi connectivity index (χ0n) is 4.96. The summed E-state index contributed by atoms with van der Waals surface area (Å²) in [6, 6.07) is 4.61. The van der Waals surface area contributed by atoms with Crippen LogP contribution in [0.15, 0.2) is 21.8 Å². The number of pyridine rings is 1. The average molecular weight is 152 g/mol. The molecule has 1 heterocycles. The van der Waals surface area contributed by atoms with Gasteiger partial charge in [0.05, 0.1) is 0 Å². The predicted molar refractivity (Wildman–Crippen MR) is 39.0 cm³/mol. The van der Waals surface area contributed by atoms with Crippen LogP contribution in [-0.4, -0.2) is 4.98 Å². The zero-order chi connectivity index (χ0) is 7.56. The van der Waals surface area contributed by atoms with Gasteiger partial charge in [-0.05, 0) is 6.07 Å². The van der Waals surface area contributed by atoms with Gasteiger partial charge in [0, 0.05) is 11.0 Å². The van der Waals surface area contributed by atoms with Crippen LogP contribution >= 0.6 is 12.6 Å². The summed E-state index contributed by atoms with van der Waals surface area (Å²) in [6.45, 7) is 0. The molecule has 0 spiro atoms. The Kier molecular flexibility index (Phi) is 1.78. The second-order valence-corrected chi connectivity index (χ2v) is 2.18. The molecule has 0 amide bonds. The van der Waals surface area contributed by atoms with Gasteiger partial charge in [-0.3, -0.25) is 4.79 Å². The Hall–Kier alpha value is -1.21. The van der Waals surface area contributed by atoms with Gasteiger partial charge >= 0.3 is 0 Å². The van der Waals surface area contributed by atoms with Crippen LogP contribution < -0.4 is 5.56 Å². The number of rotatable bonds is 0. The molecule has 1 aromatic heterocycles. The summed E-state index contributed by atoms with van der Waals surface area (Å²) < 4.78 is 0. The lowest BCUT2D eigenvalue weighted by Gasteiger charge is -1.90. The van der Waals surface area contributed by atoms with E-state index in [1.165, 1.54) is 12.1 Å². The largest absolute Gasteiger partial charge is 0.313 e. The van der Waals surface area contributed by atoms with Gasteiger partial charge in [0.1, 0.15) is 11.8 Å². The van der Waals surface area contributed by atoms with E-state index >= 15 is 0 Å². The fraction of sp³-hybridized carbons (Fsp3) is 0. The maximum absolute atomic E-state index is 10.6. The van der Waals surface area contributed by atoms with Crippen LogP contribution in [0.25, 0.3) is 0 Å². The molecule has 0 aliphatic rings. The topological polar surface area (TPSA) is 56.6 Å². The summed E-state index contributed by atoms with van der Waals surface area (Å²) in [5.41, 5.74) is -0.0785. The standard InChI is InChI=1S/C6H4N2OS/c7-3-4-5(10)1-2-6(9)8-4/h1-2,10H,(H,8,9). The maximum Gasteiger partial charge on any atom is 0.248 e. The lowest BCUT2D eigenvalue weighted by atomic mass is 10.4. The minimum Gasteiger partial charge on any atom is -0.313 e. The Labute approximate surface area is 62.7 Å². The molecule has 0 saturated heterocycles. The third-order valence-electron chi connectivity index (χ3n) is 1.01. The second-order valence-electron chi connectivity index (χ2n) is 1.69. The number of aromatic amines is 1.